The summed E-state index contributed by atoms with van der Waals surface area (Å²) in [6, 6.07) is 8.75. The van der Waals surface area contributed by atoms with Crippen LogP contribution in [0.5, 0.6) is 5.75 Å². The summed E-state index contributed by atoms with van der Waals surface area (Å²) >= 11 is 15.6. The van der Waals surface area contributed by atoms with Crippen LogP contribution in [0, 0.1) is 6.92 Å². The molecule has 0 aliphatic carbocycles. The number of ether oxygens (including phenoxy) is 2. The first kappa shape index (κ1) is 19.1. The van der Waals surface area contributed by atoms with Gasteiger partial charge in [-0.25, -0.2) is 4.79 Å². The second kappa shape index (κ2) is 7.91. The van der Waals surface area contributed by atoms with Crippen molar-refractivity contribution in [3.63, 3.8) is 0 Å². The molecule has 0 bridgehead atoms. The average molecular weight is 458 g/mol. The lowest BCUT2D eigenvalue weighted by Gasteiger charge is -2.10. The maximum absolute atomic E-state index is 12.2. The molecule has 0 saturated heterocycles. The summed E-state index contributed by atoms with van der Waals surface area (Å²) < 4.78 is 17.4. The van der Waals surface area contributed by atoms with Crippen molar-refractivity contribution in [1.29, 1.82) is 0 Å². The van der Waals surface area contributed by atoms with E-state index >= 15 is 0 Å². The number of aryl methyl sites for hydroxylation is 1. The van der Waals surface area contributed by atoms with Crippen molar-refractivity contribution in [2.45, 2.75) is 20.5 Å². The molecule has 2 aromatic carbocycles. The molecular formula is C19H15BrCl2O4. The highest BCUT2D eigenvalue weighted by Crippen LogP contribution is 2.36. The molecule has 136 valence electrons. The van der Waals surface area contributed by atoms with E-state index in [-0.39, 0.29) is 6.61 Å². The van der Waals surface area contributed by atoms with Crippen molar-refractivity contribution in [2.24, 2.45) is 0 Å². The number of hydrogen-bond acceptors (Lipinski definition) is 4. The number of carbonyl (C=O) groups is 1. The zero-order valence-corrected chi connectivity index (χ0v) is 17.2. The molecule has 3 rings (SSSR count). The zero-order chi connectivity index (χ0) is 18.8. The van der Waals surface area contributed by atoms with Gasteiger partial charge in [0.2, 0.25) is 0 Å². The summed E-state index contributed by atoms with van der Waals surface area (Å²) in [7, 11) is 0. The van der Waals surface area contributed by atoms with Gasteiger partial charge < -0.3 is 13.9 Å². The first-order chi connectivity index (χ1) is 12.4. The van der Waals surface area contributed by atoms with Gasteiger partial charge in [-0.2, -0.15) is 0 Å². The number of carbonyl (C=O) groups excluding carboxylic acids is 1. The Balaban J connectivity index is 1.94. The minimum absolute atomic E-state index is 0.256. The summed E-state index contributed by atoms with van der Waals surface area (Å²) in [5.74, 6) is 0.649. The number of halogens is 3. The van der Waals surface area contributed by atoms with E-state index in [0.717, 1.165) is 5.56 Å². The van der Waals surface area contributed by atoms with Crippen molar-refractivity contribution in [1.82, 2.24) is 0 Å². The third-order valence-electron chi connectivity index (χ3n) is 3.80. The van der Waals surface area contributed by atoms with Gasteiger partial charge in [0.15, 0.2) is 0 Å². The molecule has 0 fully saturated rings. The van der Waals surface area contributed by atoms with Crippen molar-refractivity contribution in [3.05, 3.63) is 61.7 Å². The first-order valence-corrected chi connectivity index (χ1v) is 9.42. The number of rotatable bonds is 5. The van der Waals surface area contributed by atoms with E-state index in [0.29, 0.717) is 49.2 Å². The fraction of sp³-hybridized carbons (Fsp3) is 0.211. The molecule has 3 aromatic rings. The molecule has 1 aromatic heterocycles. The smallest absolute Gasteiger partial charge is 0.342 e. The van der Waals surface area contributed by atoms with Crippen LogP contribution in [0.1, 0.15) is 28.6 Å². The Morgan fingerprint density at radius 1 is 1.23 bits per heavy atom. The molecule has 0 aliphatic rings. The molecule has 0 saturated carbocycles. The van der Waals surface area contributed by atoms with Gasteiger partial charge in [-0.1, -0.05) is 29.3 Å². The standard InChI is InChI=1S/C19H15BrCl2O4/c1-3-24-19(23)18-10(2)26-16-8-14(20)17(7-13(16)18)25-9-11-4-5-12(21)6-15(11)22/h4-8H,3,9H2,1-2H3. The predicted octanol–water partition coefficient (Wildman–Crippen LogP) is 6.57. The number of fused-ring (bicyclic) bond motifs is 1. The molecular weight excluding hydrogens is 443 g/mol. The molecule has 0 radical (unpaired) electrons. The van der Waals surface area contributed by atoms with Crippen LogP contribution >= 0.6 is 39.1 Å². The molecule has 0 aliphatic heterocycles. The fourth-order valence-corrected chi connectivity index (χ4v) is 3.48. The van der Waals surface area contributed by atoms with Crippen LogP contribution in [-0.4, -0.2) is 12.6 Å². The quantitative estimate of drug-likeness (QED) is 0.406. The Kier molecular flexibility index (Phi) is 5.80. The van der Waals surface area contributed by atoms with Crippen LogP contribution in [0.2, 0.25) is 10.0 Å². The number of esters is 1. The normalized spacial score (nSPS) is 11.0. The molecule has 4 nitrogen and oxygen atoms in total. The zero-order valence-electron chi connectivity index (χ0n) is 14.1. The van der Waals surface area contributed by atoms with Crippen LogP contribution in [0.3, 0.4) is 0 Å². The van der Waals surface area contributed by atoms with E-state index in [4.69, 9.17) is 37.1 Å². The van der Waals surface area contributed by atoms with E-state index in [1.165, 1.54) is 0 Å². The molecule has 26 heavy (non-hydrogen) atoms. The van der Waals surface area contributed by atoms with Gasteiger partial charge in [0.05, 0.1) is 11.1 Å². The first-order valence-electron chi connectivity index (χ1n) is 7.87. The van der Waals surface area contributed by atoms with E-state index in [1.54, 1.807) is 38.1 Å². The average Bonchev–Trinajstić information content (AvgIpc) is 2.89. The van der Waals surface area contributed by atoms with Gasteiger partial charge in [0.25, 0.3) is 0 Å². The molecule has 0 unspecified atom stereocenters. The highest BCUT2D eigenvalue weighted by molar-refractivity contribution is 9.10. The summed E-state index contributed by atoms with van der Waals surface area (Å²) in [5, 5.41) is 1.73. The minimum Gasteiger partial charge on any atom is -0.488 e. The molecule has 0 spiro atoms. The van der Waals surface area contributed by atoms with E-state index in [9.17, 15) is 4.79 Å². The van der Waals surface area contributed by atoms with Crippen molar-refractivity contribution in [3.8, 4) is 5.75 Å². The Labute approximate surface area is 169 Å². The second-order valence-corrected chi connectivity index (χ2v) is 7.25. The lowest BCUT2D eigenvalue weighted by molar-refractivity contribution is 0.0526. The third kappa shape index (κ3) is 3.85. The Hall–Kier alpha value is -1.69. The maximum Gasteiger partial charge on any atom is 0.342 e. The molecule has 1 heterocycles. The van der Waals surface area contributed by atoms with Crippen LogP contribution < -0.4 is 4.74 Å². The van der Waals surface area contributed by atoms with Crippen LogP contribution in [-0.2, 0) is 11.3 Å². The maximum atomic E-state index is 12.2. The van der Waals surface area contributed by atoms with Gasteiger partial charge in [0, 0.05) is 21.0 Å². The third-order valence-corrected chi connectivity index (χ3v) is 5.00. The van der Waals surface area contributed by atoms with Gasteiger partial charge >= 0.3 is 5.97 Å². The van der Waals surface area contributed by atoms with Crippen molar-refractivity contribution >= 4 is 56.1 Å². The summed E-state index contributed by atoms with van der Waals surface area (Å²) in [6.07, 6.45) is 0. The van der Waals surface area contributed by atoms with Gasteiger partial charge in [-0.15, -0.1) is 0 Å². The summed E-state index contributed by atoms with van der Waals surface area (Å²) in [5.41, 5.74) is 1.79. The lowest BCUT2D eigenvalue weighted by Crippen LogP contribution is -2.05. The van der Waals surface area contributed by atoms with E-state index in [2.05, 4.69) is 15.9 Å². The SMILES string of the molecule is CCOC(=O)c1c(C)oc2cc(Br)c(OCc3ccc(Cl)cc3Cl)cc12. The van der Waals surface area contributed by atoms with Crippen molar-refractivity contribution < 1.29 is 18.7 Å². The largest absolute Gasteiger partial charge is 0.488 e. The lowest BCUT2D eigenvalue weighted by atomic mass is 10.1. The Bertz CT molecular complexity index is 981. The molecule has 0 atom stereocenters. The Morgan fingerprint density at radius 2 is 2.00 bits per heavy atom. The highest BCUT2D eigenvalue weighted by atomic mass is 79.9. The number of hydrogen-bond donors (Lipinski definition) is 0. The monoisotopic (exact) mass is 456 g/mol. The summed E-state index contributed by atoms with van der Waals surface area (Å²) in [4.78, 5) is 12.2. The van der Waals surface area contributed by atoms with Crippen LogP contribution in [0.15, 0.2) is 39.2 Å². The topological polar surface area (TPSA) is 48.7 Å². The van der Waals surface area contributed by atoms with E-state index in [1.807, 2.05) is 6.07 Å². The number of furan rings is 1. The van der Waals surface area contributed by atoms with Gasteiger partial charge in [0.1, 0.15) is 29.3 Å². The second-order valence-electron chi connectivity index (χ2n) is 5.56. The summed E-state index contributed by atoms with van der Waals surface area (Å²) in [6.45, 7) is 4.04. The Morgan fingerprint density at radius 3 is 2.69 bits per heavy atom. The van der Waals surface area contributed by atoms with Crippen LogP contribution in [0.25, 0.3) is 11.0 Å². The van der Waals surface area contributed by atoms with Crippen molar-refractivity contribution in [2.75, 3.05) is 6.61 Å². The van der Waals surface area contributed by atoms with E-state index < -0.39 is 5.97 Å². The fourth-order valence-electron chi connectivity index (χ4n) is 2.58. The minimum atomic E-state index is -0.419. The number of benzene rings is 2. The predicted molar refractivity (Wildman–Crippen MR) is 105 cm³/mol. The highest BCUT2D eigenvalue weighted by Gasteiger charge is 2.21. The molecule has 7 heteroatoms. The van der Waals surface area contributed by atoms with Gasteiger partial charge in [-0.05, 0) is 54.0 Å². The van der Waals surface area contributed by atoms with Gasteiger partial charge in [-0.3, -0.25) is 0 Å². The molecule has 0 N–H and O–H groups in total. The molecule has 0 amide bonds. The van der Waals surface area contributed by atoms with Crippen LogP contribution in [0.4, 0.5) is 0 Å².